The Hall–Kier alpha value is -1.31. The lowest BCUT2D eigenvalue weighted by Crippen LogP contribution is -2.65. The van der Waals surface area contributed by atoms with E-state index < -0.39 is 24.9 Å². The fraction of sp³-hybridized carbons (Fsp3) is 0.846. The van der Waals surface area contributed by atoms with Crippen LogP contribution >= 0.6 is 0 Å². The number of fused-ring (bicyclic) bond motifs is 1. The predicted octanol–water partition coefficient (Wildman–Crippen LogP) is 1.18. The van der Waals surface area contributed by atoms with Gasteiger partial charge in [-0.25, -0.2) is 0 Å². The molecule has 2 amide bonds. The van der Waals surface area contributed by atoms with Gasteiger partial charge in [0.25, 0.3) is 0 Å². The molecule has 0 N–H and O–H groups in total. The summed E-state index contributed by atoms with van der Waals surface area (Å²) in [4.78, 5) is 27.5. The average Bonchev–Trinajstić information content (AvgIpc) is 2.43. The number of ether oxygens (including phenoxy) is 1. The highest BCUT2D eigenvalue weighted by molar-refractivity contribution is 5.96. The van der Waals surface area contributed by atoms with Gasteiger partial charge in [0, 0.05) is 13.1 Å². The third-order valence-corrected chi connectivity index (χ3v) is 3.92. The molecule has 0 saturated carbocycles. The Balaban J connectivity index is 1.92. The van der Waals surface area contributed by atoms with Crippen molar-refractivity contribution in [2.45, 2.75) is 44.4 Å². The maximum Gasteiger partial charge on any atom is 0.411 e. The first kappa shape index (κ1) is 16.1. The molecule has 0 aliphatic carbocycles. The van der Waals surface area contributed by atoms with Gasteiger partial charge in [0.15, 0.2) is 0 Å². The molecule has 0 aromatic rings. The number of nitrogens with zero attached hydrogens (tertiary/aromatic N) is 2. The van der Waals surface area contributed by atoms with E-state index in [0.29, 0.717) is 13.0 Å². The van der Waals surface area contributed by atoms with E-state index in [2.05, 4.69) is 4.74 Å². The van der Waals surface area contributed by atoms with Crippen molar-refractivity contribution in [3.05, 3.63) is 0 Å². The molecule has 2 heterocycles. The molecule has 2 fully saturated rings. The van der Waals surface area contributed by atoms with E-state index in [4.69, 9.17) is 0 Å². The maximum absolute atomic E-state index is 12.4. The van der Waals surface area contributed by atoms with Gasteiger partial charge in [0.05, 0.1) is 6.61 Å². The van der Waals surface area contributed by atoms with E-state index in [1.165, 1.54) is 4.90 Å². The van der Waals surface area contributed by atoms with Crippen molar-refractivity contribution < 1.29 is 27.5 Å². The molecule has 0 radical (unpaired) electrons. The Bertz CT molecular complexity index is 414. The topological polar surface area (TPSA) is 49.9 Å². The molecule has 2 saturated heterocycles. The number of piperazine rings is 1. The quantitative estimate of drug-likeness (QED) is 0.733. The van der Waals surface area contributed by atoms with Crippen molar-refractivity contribution in [2.75, 3.05) is 26.3 Å². The molecule has 2 aliphatic rings. The van der Waals surface area contributed by atoms with Crippen molar-refractivity contribution >= 4 is 11.8 Å². The normalized spacial score (nSPS) is 27.0. The average molecular weight is 308 g/mol. The van der Waals surface area contributed by atoms with Crippen molar-refractivity contribution in [3.8, 4) is 0 Å². The van der Waals surface area contributed by atoms with Gasteiger partial charge in [-0.15, -0.1) is 0 Å². The van der Waals surface area contributed by atoms with Crippen LogP contribution in [-0.4, -0.2) is 66.2 Å². The highest BCUT2D eigenvalue weighted by Gasteiger charge is 2.44. The fourth-order valence-corrected chi connectivity index (χ4v) is 2.86. The number of carbonyl (C=O) groups excluding carboxylic acids is 2. The minimum atomic E-state index is -4.38. The minimum absolute atomic E-state index is 0.00611. The summed E-state index contributed by atoms with van der Waals surface area (Å²) in [5.74, 6) is -0.312. The Labute approximate surface area is 121 Å². The lowest BCUT2D eigenvalue weighted by atomic mass is 9.96. The molecule has 2 aliphatic heterocycles. The highest BCUT2D eigenvalue weighted by atomic mass is 19.4. The molecule has 2 atom stereocenters. The molecule has 0 bridgehead atoms. The Morgan fingerprint density at radius 3 is 2.62 bits per heavy atom. The number of halogens is 3. The summed E-state index contributed by atoms with van der Waals surface area (Å²) in [6, 6.07) is -1.09. The smallest absolute Gasteiger partial charge is 0.370 e. The first-order chi connectivity index (χ1) is 9.81. The third-order valence-electron chi connectivity index (χ3n) is 3.92. The molecular weight excluding hydrogens is 289 g/mol. The monoisotopic (exact) mass is 308 g/mol. The van der Waals surface area contributed by atoms with Gasteiger partial charge in [-0.2, -0.15) is 13.2 Å². The molecule has 2 unspecified atom stereocenters. The Kier molecular flexibility index (Phi) is 4.75. The van der Waals surface area contributed by atoms with Gasteiger partial charge < -0.3 is 14.5 Å². The summed E-state index contributed by atoms with van der Waals surface area (Å²) in [7, 11) is 0. The largest absolute Gasteiger partial charge is 0.411 e. The molecule has 5 nitrogen and oxygen atoms in total. The molecule has 0 aromatic carbocycles. The van der Waals surface area contributed by atoms with E-state index in [0.717, 1.165) is 12.8 Å². The molecule has 21 heavy (non-hydrogen) atoms. The van der Waals surface area contributed by atoms with Crippen LogP contribution in [0.1, 0.15) is 26.2 Å². The van der Waals surface area contributed by atoms with Gasteiger partial charge in [-0.05, 0) is 26.2 Å². The van der Waals surface area contributed by atoms with Gasteiger partial charge >= 0.3 is 6.18 Å². The van der Waals surface area contributed by atoms with Crippen LogP contribution in [0.2, 0.25) is 0 Å². The van der Waals surface area contributed by atoms with E-state index in [-0.39, 0.29) is 25.0 Å². The van der Waals surface area contributed by atoms with Crippen LogP contribution < -0.4 is 0 Å². The molecule has 0 spiro atoms. The van der Waals surface area contributed by atoms with Crippen molar-refractivity contribution in [1.82, 2.24) is 9.80 Å². The van der Waals surface area contributed by atoms with Gasteiger partial charge in [-0.1, -0.05) is 0 Å². The second-order valence-corrected chi connectivity index (χ2v) is 5.42. The fourth-order valence-electron chi connectivity index (χ4n) is 2.86. The molecule has 120 valence electrons. The van der Waals surface area contributed by atoms with Crippen molar-refractivity contribution in [1.29, 1.82) is 0 Å². The SMILES string of the molecule is CC1C(=O)N2CCCCC2C(=O)N1CCOCC(F)(F)F. The number of piperidine rings is 1. The van der Waals surface area contributed by atoms with E-state index in [1.54, 1.807) is 11.8 Å². The number of rotatable bonds is 4. The molecule has 8 heteroatoms. The van der Waals surface area contributed by atoms with Crippen LogP contribution in [-0.2, 0) is 14.3 Å². The van der Waals surface area contributed by atoms with Crippen LogP contribution in [0, 0.1) is 0 Å². The summed E-state index contributed by atoms with van der Waals surface area (Å²) in [6.07, 6.45) is -1.99. The first-order valence-corrected chi connectivity index (χ1v) is 7.07. The maximum atomic E-state index is 12.4. The van der Waals surface area contributed by atoms with Crippen LogP contribution in [0.25, 0.3) is 0 Å². The third kappa shape index (κ3) is 3.66. The number of carbonyl (C=O) groups is 2. The van der Waals surface area contributed by atoms with Gasteiger partial charge in [0.2, 0.25) is 11.8 Å². The number of amides is 2. The zero-order valence-corrected chi connectivity index (χ0v) is 11.9. The van der Waals surface area contributed by atoms with E-state index in [9.17, 15) is 22.8 Å². The lowest BCUT2D eigenvalue weighted by molar-refractivity contribution is -0.178. The lowest BCUT2D eigenvalue weighted by Gasteiger charge is -2.46. The summed E-state index contributed by atoms with van der Waals surface area (Å²) in [5, 5.41) is 0. The van der Waals surface area contributed by atoms with Crippen LogP contribution in [0.15, 0.2) is 0 Å². The zero-order valence-electron chi connectivity index (χ0n) is 11.9. The summed E-state index contributed by atoms with van der Waals surface area (Å²) in [5.41, 5.74) is 0. The zero-order chi connectivity index (χ0) is 15.6. The predicted molar refractivity (Wildman–Crippen MR) is 67.4 cm³/mol. The highest BCUT2D eigenvalue weighted by Crippen LogP contribution is 2.26. The number of hydrogen-bond acceptors (Lipinski definition) is 3. The number of alkyl halides is 3. The summed E-state index contributed by atoms with van der Waals surface area (Å²) < 4.78 is 40.5. The van der Waals surface area contributed by atoms with E-state index >= 15 is 0 Å². The second kappa shape index (κ2) is 6.21. The van der Waals surface area contributed by atoms with E-state index in [1.807, 2.05) is 0 Å². The van der Waals surface area contributed by atoms with Crippen molar-refractivity contribution in [2.24, 2.45) is 0 Å². The van der Waals surface area contributed by atoms with Gasteiger partial charge in [-0.3, -0.25) is 9.59 Å². The Morgan fingerprint density at radius 2 is 1.95 bits per heavy atom. The molecular formula is C13H19F3N2O3. The summed E-state index contributed by atoms with van der Waals surface area (Å²) in [6.45, 7) is 0.626. The minimum Gasteiger partial charge on any atom is -0.370 e. The first-order valence-electron chi connectivity index (χ1n) is 7.07. The number of hydrogen-bond donors (Lipinski definition) is 0. The van der Waals surface area contributed by atoms with Crippen LogP contribution in [0.5, 0.6) is 0 Å². The molecule has 0 aromatic heterocycles. The summed E-state index contributed by atoms with van der Waals surface area (Å²) >= 11 is 0. The van der Waals surface area contributed by atoms with Gasteiger partial charge in [0.1, 0.15) is 18.7 Å². The van der Waals surface area contributed by atoms with Crippen LogP contribution in [0.4, 0.5) is 13.2 Å². The van der Waals surface area contributed by atoms with Crippen molar-refractivity contribution in [3.63, 3.8) is 0 Å². The second-order valence-electron chi connectivity index (χ2n) is 5.42. The van der Waals surface area contributed by atoms with Crippen LogP contribution in [0.3, 0.4) is 0 Å². The molecule has 2 rings (SSSR count). The Morgan fingerprint density at radius 1 is 1.24 bits per heavy atom. The standard InChI is InChI=1S/C13H19F3N2O3/c1-9-11(19)18-5-3-2-4-10(18)12(20)17(9)6-7-21-8-13(14,15)16/h9-10H,2-8H2,1H3.